The van der Waals surface area contributed by atoms with Gasteiger partial charge in [0, 0.05) is 33.1 Å². The van der Waals surface area contributed by atoms with Gasteiger partial charge in [0.1, 0.15) is 0 Å². The molecule has 1 N–H and O–H groups in total. The van der Waals surface area contributed by atoms with Crippen molar-refractivity contribution in [1.82, 2.24) is 5.32 Å². The van der Waals surface area contributed by atoms with Gasteiger partial charge < -0.3 is 5.32 Å². The van der Waals surface area contributed by atoms with Crippen LogP contribution in [0.25, 0.3) is 0 Å². The fraction of sp³-hybridized carbons (Fsp3) is 0.625. The Morgan fingerprint density at radius 2 is 2.42 bits per heavy atom. The van der Waals surface area contributed by atoms with E-state index in [-0.39, 0.29) is 5.91 Å². The van der Waals surface area contributed by atoms with Gasteiger partial charge in [0.05, 0.1) is 0 Å². The van der Waals surface area contributed by atoms with Gasteiger partial charge in [-0.3, -0.25) is 4.79 Å². The minimum absolute atomic E-state index is 0.202. The quantitative estimate of drug-likeness (QED) is 0.764. The highest BCUT2D eigenvalue weighted by atomic mass is 79.9. The summed E-state index contributed by atoms with van der Waals surface area (Å²) in [5.41, 5.74) is 0. The average molecular weight is 248 g/mol. The molecule has 66 valence electrons. The summed E-state index contributed by atoms with van der Waals surface area (Å²) in [7, 11) is 0. The van der Waals surface area contributed by atoms with Crippen molar-refractivity contribution < 1.29 is 4.79 Å². The lowest BCUT2D eigenvalue weighted by molar-refractivity contribution is -0.115. The second-order valence-electron chi connectivity index (χ2n) is 2.79. The molecule has 0 heterocycles. The fourth-order valence-corrected chi connectivity index (χ4v) is 1.83. The number of hydrogen-bond donors (Lipinski definition) is 1. The van der Waals surface area contributed by atoms with Crippen molar-refractivity contribution in [3.63, 3.8) is 0 Å². The number of thioether (sulfide) groups is 1. The third-order valence-electron chi connectivity index (χ3n) is 1.97. The molecule has 0 bridgehead atoms. The number of amides is 1. The lowest BCUT2D eigenvalue weighted by Crippen LogP contribution is -2.30. The lowest BCUT2D eigenvalue weighted by Gasteiger charge is -2.10. The van der Waals surface area contributed by atoms with Crippen LogP contribution in [-0.2, 0) is 4.79 Å². The van der Waals surface area contributed by atoms with Crippen LogP contribution in [0.5, 0.6) is 0 Å². The smallest absolute Gasteiger partial charge is 0.296 e. The van der Waals surface area contributed by atoms with E-state index in [0.717, 1.165) is 6.54 Å². The van der Waals surface area contributed by atoms with Crippen molar-refractivity contribution in [3.05, 3.63) is 0 Å². The summed E-state index contributed by atoms with van der Waals surface area (Å²) in [5, 5.41) is 2.77. The van der Waals surface area contributed by atoms with Crippen molar-refractivity contribution in [2.45, 2.75) is 17.6 Å². The number of carbonyl (C=O) groups excluding carboxylic acids is 1. The molecule has 0 spiro atoms. The van der Waals surface area contributed by atoms with E-state index in [2.05, 4.69) is 38.3 Å². The molecule has 1 saturated carbocycles. The van der Waals surface area contributed by atoms with E-state index in [4.69, 9.17) is 0 Å². The molecule has 0 saturated heterocycles. The highest BCUT2D eigenvalue weighted by molar-refractivity contribution is 9.12. The number of hydrogen-bond acceptors (Lipinski definition) is 2. The Hall–Kier alpha value is -0.140. The SMILES string of the molecule is CSC1(CNC(=O)C#CBr)CC1. The van der Waals surface area contributed by atoms with E-state index in [0.29, 0.717) is 4.75 Å². The van der Waals surface area contributed by atoms with Gasteiger partial charge in [-0.1, -0.05) is 0 Å². The van der Waals surface area contributed by atoms with Gasteiger partial charge in [0.25, 0.3) is 5.91 Å². The predicted octanol–water partition coefficient (Wildman–Crippen LogP) is 1.35. The summed E-state index contributed by atoms with van der Waals surface area (Å²) in [6.07, 6.45) is 4.49. The van der Waals surface area contributed by atoms with E-state index in [1.807, 2.05) is 11.8 Å². The van der Waals surface area contributed by atoms with E-state index in [1.165, 1.54) is 12.8 Å². The van der Waals surface area contributed by atoms with Crippen LogP contribution in [0.2, 0.25) is 0 Å². The molecule has 0 aromatic carbocycles. The maximum atomic E-state index is 10.9. The molecule has 0 atom stereocenters. The molecular weight excluding hydrogens is 238 g/mol. The Morgan fingerprint density at radius 3 is 2.83 bits per heavy atom. The molecule has 2 nitrogen and oxygen atoms in total. The van der Waals surface area contributed by atoms with Crippen molar-refractivity contribution in [2.24, 2.45) is 0 Å². The minimum Gasteiger partial charge on any atom is -0.344 e. The lowest BCUT2D eigenvalue weighted by atomic mass is 10.4. The second kappa shape index (κ2) is 4.20. The van der Waals surface area contributed by atoms with Crippen LogP contribution >= 0.6 is 27.7 Å². The summed E-state index contributed by atoms with van der Waals surface area (Å²) >= 11 is 4.70. The first-order valence-corrected chi connectivity index (χ1v) is 5.69. The highest BCUT2D eigenvalue weighted by Gasteiger charge is 2.41. The fourth-order valence-electron chi connectivity index (χ4n) is 0.921. The van der Waals surface area contributed by atoms with Crippen LogP contribution in [0.15, 0.2) is 0 Å². The summed E-state index contributed by atoms with van der Waals surface area (Å²) < 4.78 is 0.323. The van der Waals surface area contributed by atoms with E-state index in [1.54, 1.807) is 0 Å². The maximum absolute atomic E-state index is 10.9. The number of carbonyl (C=O) groups is 1. The molecule has 0 unspecified atom stereocenters. The number of nitrogens with one attached hydrogen (secondary N) is 1. The third kappa shape index (κ3) is 2.72. The minimum atomic E-state index is -0.202. The molecule has 1 aliphatic rings. The molecule has 0 aromatic heterocycles. The van der Waals surface area contributed by atoms with Gasteiger partial charge >= 0.3 is 0 Å². The monoisotopic (exact) mass is 247 g/mol. The Balaban J connectivity index is 2.24. The standard InChI is InChI=1S/C8H10BrNOS/c1-12-8(3-4-8)6-10-7(11)2-5-9/h3-4,6H2,1H3,(H,10,11). The first-order chi connectivity index (χ1) is 5.72. The molecule has 0 aliphatic heterocycles. The maximum Gasteiger partial charge on any atom is 0.296 e. The number of halogens is 1. The number of rotatable bonds is 3. The van der Waals surface area contributed by atoms with Gasteiger partial charge in [-0.15, -0.1) is 0 Å². The Morgan fingerprint density at radius 1 is 1.75 bits per heavy atom. The molecule has 1 aliphatic carbocycles. The zero-order valence-electron chi connectivity index (χ0n) is 6.82. The largest absolute Gasteiger partial charge is 0.344 e. The van der Waals surface area contributed by atoms with Gasteiger partial charge in [0.2, 0.25) is 0 Å². The van der Waals surface area contributed by atoms with Crippen LogP contribution in [0.4, 0.5) is 0 Å². The molecule has 0 radical (unpaired) electrons. The topological polar surface area (TPSA) is 29.1 Å². The summed E-state index contributed by atoms with van der Waals surface area (Å²) in [4.78, 5) is 13.3. The molecule has 1 fully saturated rings. The van der Waals surface area contributed by atoms with Crippen molar-refractivity contribution in [1.29, 1.82) is 0 Å². The third-order valence-corrected chi connectivity index (χ3v) is 3.59. The molecule has 12 heavy (non-hydrogen) atoms. The molecule has 4 heteroatoms. The van der Waals surface area contributed by atoms with Crippen molar-refractivity contribution in [3.8, 4) is 10.8 Å². The second-order valence-corrected chi connectivity index (χ2v) is 4.46. The summed E-state index contributed by atoms with van der Waals surface area (Å²) in [6.45, 7) is 0.745. The van der Waals surface area contributed by atoms with Crippen LogP contribution in [0.1, 0.15) is 12.8 Å². The van der Waals surface area contributed by atoms with Gasteiger partial charge in [0.15, 0.2) is 0 Å². The Labute approximate surface area is 85.0 Å². The van der Waals surface area contributed by atoms with Crippen LogP contribution in [-0.4, -0.2) is 23.5 Å². The van der Waals surface area contributed by atoms with Gasteiger partial charge in [-0.2, -0.15) is 11.8 Å². The molecule has 1 amide bonds. The van der Waals surface area contributed by atoms with Crippen molar-refractivity contribution in [2.75, 3.05) is 12.8 Å². The van der Waals surface area contributed by atoms with Crippen LogP contribution in [0.3, 0.4) is 0 Å². The molecular formula is C8H10BrNOS. The van der Waals surface area contributed by atoms with Crippen LogP contribution < -0.4 is 5.32 Å². The van der Waals surface area contributed by atoms with Gasteiger partial charge in [-0.05, 0) is 23.9 Å². The van der Waals surface area contributed by atoms with Crippen molar-refractivity contribution >= 4 is 33.6 Å². The highest BCUT2D eigenvalue weighted by Crippen LogP contribution is 2.46. The Kier molecular flexibility index (Phi) is 3.48. The Bertz CT molecular complexity index is 239. The van der Waals surface area contributed by atoms with E-state index in [9.17, 15) is 4.79 Å². The zero-order valence-corrected chi connectivity index (χ0v) is 9.22. The van der Waals surface area contributed by atoms with Gasteiger partial charge in [-0.25, -0.2) is 0 Å². The first kappa shape index (κ1) is 9.94. The van der Waals surface area contributed by atoms with E-state index >= 15 is 0 Å². The zero-order chi connectivity index (χ0) is 9.03. The van der Waals surface area contributed by atoms with E-state index < -0.39 is 0 Å². The molecule has 0 aromatic rings. The average Bonchev–Trinajstić information content (AvgIpc) is 2.82. The molecule has 1 rings (SSSR count). The normalized spacial score (nSPS) is 17.5. The summed E-state index contributed by atoms with van der Waals surface area (Å²) in [5.74, 6) is 2.18. The van der Waals surface area contributed by atoms with Crippen LogP contribution in [0, 0.1) is 10.8 Å². The summed E-state index contributed by atoms with van der Waals surface area (Å²) in [6, 6.07) is 0. The first-order valence-electron chi connectivity index (χ1n) is 3.67. The predicted molar refractivity (Wildman–Crippen MR) is 55.2 cm³/mol.